The number of benzene rings is 2. The van der Waals surface area contributed by atoms with Crippen LogP contribution in [0.15, 0.2) is 43.0 Å². The summed E-state index contributed by atoms with van der Waals surface area (Å²) < 4.78 is 5.27. The number of ether oxygens (including phenoxy) is 1. The largest absolute Gasteiger partial charge is 0.496 e. The Kier molecular flexibility index (Phi) is 2.65. The van der Waals surface area contributed by atoms with Gasteiger partial charge in [0.1, 0.15) is 5.75 Å². The zero-order chi connectivity index (χ0) is 10.8. The number of methoxy groups -OCH3 is 1. The fourth-order valence-electron chi connectivity index (χ4n) is 1.70. The van der Waals surface area contributed by atoms with Crippen LogP contribution in [0.3, 0.4) is 0 Å². The molecular weight excluding hydrogens is 208 g/mol. The predicted octanol–water partition coefficient (Wildman–Crippen LogP) is 4.06. The highest BCUT2D eigenvalue weighted by atomic mass is 35.5. The van der Waals surface area contributed by atoms with Gasteiger partial charge in [-0.25, -0.2) is 0 Å². The zero-order valence-corrected chi connectivity index (χ0v) is 9.21. The lowest BCUT2D eigenvalue weighted by Gasteiger charge is -2.10. The summed E-state index contributed by atoms with van der Waals surface area (Å²) in [4.78, 5) is 0. The van der Waals surface area contributed by atoms with E-state index in [1.54, 1.807) is 7.11 Å². The van der Waals surface area contributed by atoms with Gasteiger partial charge in [-0.1, -0.05) is 48.5 Å². The van der Waals surface area contributed by atoms with Crippen LogP contribution in [0.2, 0.25) is 0 Å². The van der Waals surface area contributed by atoms with E-state index in [4.69, 9.17) is 16.3 Å². The summed E-state index contributed by atoms with van der Waals surface area (Å²) >= 11 is 5.99. The zero-order valence-electron chi connectivity index (χ0n) is 8.46. The maximum atomic E-state index is 5.99. The third kappa shape index (κ3) is 1.71. The first-order chi connectivity index (χ1) is 7.24. The Morgan fingerprint density at radius 2 is 1.93 bits per heavy atom. The van der Waals surface area contributed by atoms with E-state index in [-0.39, 0.29) is 0 Å². The van der Waals surface area contributed by atoms with Crippen LogP contribution in [-0.4, -0.2) is 7.11 Å². The van der Waals surface area contributed by atoms with Crippen LogP contribution in [0.4, 0.5) is 0 Å². The molecule has 0 N–H and O–H groups in total. The third-order valence-electron chi connectivity index (χ3n) is 2.38. The van der Waals surface area contributed by atoms with Gasteiger partial charge < -0.3 is 4.74 Å². The van der Waals surface area contributed by atoms with E-state index in [0.29, 0.717) is 5.03 Å². The van der Waals surface area contributed by atoms with E-state index in [1.165, 1.54) is 0 Å². The quantitative estimate of drug-likeness (QED) is 0.739. The van der Waals surface area contributed by atoms with Crippen molar-refractivity contribution >= 4 is 27.4 Å². The van der Waals surface area contributed by atoms with Gasteiger partial charge in [0, 0.05) is 10.6 Å². The average Bonchev–Trinajstić information content (AvgIpc) is 2.27. The molecule has 0 aliphatic carbocycles. The second kappa shape index (κ2) is 3.95. The Morgan fingerprint density at radius 1 is 1.20 bits per heavy atom. The van der Waals surface area contributed by atoms with Crippen molar-refractivity contribution in [2.75, 3.05) is 7.11 Å². The van der Waals surface area contributed by atoms with Gasteiger partial charge in [-0.2, -0.15) is 0 Å². The second-order valence-electron chi connectivity index (χ2n) is 3.27. The minimum absolute atomic E-state index is 0.503. The van der Waals surface area contributed by atoms with Gasteiger partial charge in [0.15, 0.2) is 0 Å². The van der Waals surface area contributed by atoms with Gasteiger partial charge in [0.25, 0.3) is 0 Å². The summed E-state index contributed by atoms with van der Waals surface area (Å²) in [5.74, 6) is 0.758. The van der Waals surface area contributed by atoms with Crippen molar-refractivity contribution in [3.05, 3.63) is 48.5 Å². The topological polar surface area (TPSA) is 9.23 Å². The lowest BCUT2D eigenvalue weighted by Crippen LogP contribution is -1.89. The van der Waals surface area contributed by atoms with E-state index < -0.39 is 0 Å². The minimum atomic E-state index is 0.503. The first-order valence-corrected chi connectivity index (χ1v) is 5.02. The van der Waals surface area contributed by atoms with Gasteiger partial charge in [-0.3, -0.25) is 0 Å². The van der Waals surface area contributed by atoms with Crippen LogP contribution in [-0.2, 0) is 0 Å². The molecule has 0 unspecified atom stereocenters. The second-order valence-corrected chi connectivity index (χ2v) is 3.73. The Morgan fingerprint density at radius 3 is 2.60 bits per heavy atom. The fraction of sp³-hybridized carbons (Fsp3) is 0.0769. The molecule has 0 spiro atoms. The molecule has 2 aromatic carbocycles. The van der Waals surface area contributed by atoms with E-state index >= 15 is 0 Å². The Bertz CT molecular complexity index is 517. The molecule has 0 amide bonds. The van der Waals surface area contributed by atoms with Crippen molar-refractivity contribution in [3.8, 4) is 5.75 Å². The molecule has 76 valence electrons. The van der Waals surface area contributed by atoms with Gasteiger partial charge in [0.2, 0.25) is 0 Å². The standard InChI is InChI=1S/C13H11ClO/c1-9(14)13-11-6-4-3-5-10(11)7-8-12(13)15-2/h3-8H,1H2,2H3. The number of rotatable bonds is 2. The Labute approximate surface area is 93.9 Å². The first kappa shape index (κ1) is 10.1. The Balaban J connectivity index is 2.85. The van der Waals surface area contributed by atoms with Crippen LogP contribution >= 0.6 is 11.6 Å². The van der Waals surface area contributed by atoms with Gasteiger partial charge >= 0.3 is 0 Å². The Hall–Kier alpha value is -1.47. The summed E-state index contributed by atoms with van der Waals surface area (Å²) in [5.41, 5.74) is 0.872. The highest BCUT2D eigenvalue weighted by Crippen LogP contribution is 2.34. The fourth-order valence-corrected chi connectivity index (χ4v) is 1.90. The molecule has 0 bridgehead atoms. The van der Waals surface area contributed by atoms with E-state index in [0.717, 1.165) is 22.1 Å². The highest BCUT2D eigenvalue weighted by Gasteiger charge is 2.09. The molecule has 0 atom stereocenters. The van der Waals surface area contributed by atoms with Gasteiger partial charge in [0.05, 0.1) is 7.11 Å². The van der Waals surface area contributed by atoms with Crippen molar-refractivity contribution in [2.45, 2.75) is 0 Å². The number of hydrogen-bond donors (Lipinski definition) is 0. The normalized spacial score (nSPS) is 10.3. The summed E-state index contributed by atoms with van der Waals surface area (Å²) in [6, 6.07) is 11.9. The van der Waals surface area contributed by atoms with Crippen LogP contribution in [0.1, 0.15) is 5.56 Å². The predicted molar refractivity (Wildman–Crippen MR) is 65.4 cm³/mol. The molecule has 15 heavy (non-hydrogen) atoms. The molecule has 0 saturated heterocycles. The molecule has 0 heterocycles. The number of hydrogen-bond acceptors (Lipinski definition) is 1. The van der Waals surface area contributed by atoms with E-state index in [9.17, 15) is 0 Å². The molecule has 0 aliphatic heterocycles. The van der Waals surface area contributed by atoms with Gasteiger partial charge in [-0.05, 0) is 16.8 Å². The summed E-state index contributed by atoms with van der Waals surface area (Å²) in [7, 11) is 1.63. The molecule has 0 aromatic heterocycles. The lowest BCUT2D eigenvalue weighted by molar-refractivity contribution is 0.414. The summed E-state index contributed by atoms with van der Waals surface area (Å²) in [5, 5.41) is 2.70. The smallest absolute Gasteiger partial charge is 0.128 e. The maximum Gasteiger partial charge on any atom is 0.128 e. The molecule has 1 nitrogen and oxygen atoms in total. The van der Waals surface area contributed by atoms with E-state index in [2.05, 4.69) is 6.58 Å². The van der Waals surface area contributed by atoms with Crippen LogP contribution in [0.25, 0.3) is 15.8 Å². The molecule has 2 heteroatoms. The molecule has 2 aromatic rings. The van der Waals surface area contributed by atoms with Crippen LogP contribution < -0.4 is 4.74 Å². The van der Waals surface area contributed by atoms with Crippen molar-refractivity contribution < 1.29 is 4.74 Å². The van der Waals surface area contributed by atoms with Crippen molar-refractivity contribution in [3.63, 3.8) is 0 Å². The average molecular weight is 219 g/mol. The first-order valence-electron chi connectivity index (χ1n) is 4.64. The van der Waals surface area contributed by atoms with Gasteiger partial charge in [-0.15, -0.1) is 0 Å². The summed E-state index contributed by atoms with van der Waals surface area (Å²) in [6.45, 7) is 3.77. The maximum absolute atomic E-state index is 5.99. The minimum Gasteiger partial charge on any atom is -0.496 e. The van der Waals surface area contributed by atoms with Crippen molar-refractivity contribution in [2.24, 2.45) is 0 Å². The van der Waals surface area contributed by atoms with Crippen molar-refractivity contribution in [1.82, 2.24) is 0 Å². The molecular formula is C13H11ClO. The monoisotopic (exact) mass is 218 g/mol. The lowest BCUT2D eigenvalue weighted by atomic mass is 10.0. The molecule has 0 fully saturated rings. The SMILES string of the molecule is C=C(Cl)c1c(OC)ccc2ccccc12. The molecule has 0 aliphatic rings. The summed E-state index contributed by atoms with van der Waals surface area (Å²) in [6.07, 6.45) is 0. The van der Waals surface area contributed by atoms with Crippen molar-refractivity contribution in [1.29, 1.82) is 0 Å². The highest BCUT2D eigenvalue weighted by molar-refractivity contribution is 6.49. The molecule has 0 radical (unpaired) electrons. The van der Waals surface area contributed by atoms with Crippen LogP contribution in [0, 0.1) is 0 Å². The third-order valence-corrected chi connectivity index (χ3v) is 2.57. The number of fused-ring (bicyclic) bond motifs is 1. The number of halogens is 1. The molecule has 2 rings (SSSR count). The van der Waals surface area contributed by atoms with E-state index in [1.807, 2.05) is 36.4 Å². The molecule has 0 saturated carbocycles. The van der Waals surface area contributed by atoms with Crippen LogP contribution in [0.5, 0.6) is 5.75 Å².